The van der Waals surface area contributed by atoms with Gasteiger partial charge in [-0.25, -0.2) is 0 Å². The van der Waals surface area contributed by atoms with Crippen molar-refractivity contribution in [2.24, 2.45) is 5.41 Å². The minimum atomic E-state index is -0.160. The van der Waals surface area contributed by atoms with Gasteiger partial charge in [0.2, 0.25) is 0 Å². The lowest BCUT2D eigenvalue weighted by Crippen LogP contribution is -2.50. The van der Waals surface area contributed by atoms with Gasteiger partial charge in [0.1, 0.15) is 0 Å². The number of piperidine rings is 1. The maximum atomic E-state index is 10.5. The third-order valence-electron chi connectivity index (χ3n) is 5.35. The molecule has 1 aliphatic carbocycles. The number of aliphatic hydroxyl groups is 1. The molecule has 0 aromatic carbocycles. The monoisotopic (exact) mass is 254 g/mol. The summed E-state index contributed by atoms with van der Waals surface area (Å²) in [5.41, 5.74) is 0.100. The van der Waals surface area contributed by atoms with Crippen molar-refractivity contribution < 1.29 is 5.11 Å². The van der Waals surface area contributed by atoms with Crippen LogP contribution >= 0.6 is 0 Å². The molecule has 0 spiro atoms. The van der Waals surface area contributed by atoms with E-state index in [1.54, 1.807) is 0 Å². The van der Waals surface area contributed by atoms with Crippen LogP contribution < -0.4 is 0 Å². The van der Waals surface area contributed by atoms with Crippen molar-refractivity contribution in [3.63, 3.8) is 0 Å². The number of likely N-dealkylation sites (tertiary alicyclic amines) is 1. The lowest BCUT2D eigenvalue weighted by Gasteiger charge is -2.41. The first-order chi connectivity index (χ1) is 8.45. The molecule has 106 valence electrons. The molecular formula is C15H30N2O. The summed E-state index contributed by atoms with van der Waals surface area (Å²) in [5, 5.41) is 10.5. The second kappa shape index (κ2) is 5.48. The zero-order chi connectivity index (χ0) is 13.3. The van der Waals surface area contributed by atoms with Crippen LogP contribution in [-0.4, -0.2) is 59.8 Å². The Morgan fingerprint density at radius 2 is 1.83 bits per heavy atom. The van der Waals surface area contributed by atoms with E-state index in [2.05, 4.69) is 37.6 Å². The maximum absolute atomic E-state index is 10.5. The lowest BCUT2D eigenvalue weighted by molar-refractivity contribution is -0.00158. The number of nitrogens with zero attached hydrogens (tertiary/aromatic N) is 2. The molecule has 0 aromatic rings. The third kappa shape index (κ3) is 2.73. The zero-order valence-electron chi connectivity index (χ0n) is 12.5. The van der Waals surface area contributed by atoms with E-state index in [4.69, 9.17) is 0 Å². The third-order valence-corrected chi connectivity index (χ3v) is 5.35. The Kier molecular flexibility index (Phi) is 4.35. The highest BCUT2D eigenvalue weighted by molar-refractivity contribution is 4.97. The van der Waals surface area contributed by atoms with Crippen LogP contribution in [0.15, 0.2) is 0 Å². The summed E-state index contributed by atoms with van der Waals surface area (Å²) in [5.74, 6) is 0. The van der Waals surface area contributed by atoms with Crippen molar-refractivity contribution in [1.29, 1.82) is 0 Å². The molecular weight excluding hydrogens is 224 g/mol. The van der Waals surface area contributed by atoms with Gasteiger partial charge < -0.3 is 10.0 Å². The molecule has 2 aliphatic rings. The average molecular weight is 254 g/mol. The summed E-state index contributed by atoms with van der Waals surface area (Å²) in [6.07, 6.45) is 4.66. The van der Waals surface area contributed by atoms with Crippen LogP contribution in [0.5, 0.6) is 0 Å². The lowest BCUT2D eigenvalue weighted by atomic mass is 9.88. The molecule has 0 amide bonds. The number of aliphatic hydroxyl groups excluding tert-OH is 1. The predicted molar refractivity (Wildman–Crippen MR) is 75.7 cm³/mol. The van der Waals surface area contributed by atoms with Crippen LogP contribution in [0.2, 0.25) is 0 Å². The molecule has 2 rings (SSSR count). The van der Waals surface area contributed by atoms with Crippen LogP contribution in [0.3, 0.4) is 0 Å². The smallest absolute Gasteiger partial charge is 0.0746 e. The Morgan fingerprint density at radius 1 is 1.22 bits per heavy atom. The predicted octanol–water partition coefficient (Wildman–Crippen LogP) is 1.95. The Labute approximate surface area is 112 Å². The minimum absolute atomic E-state index is 0.100. The summed E-state index contributed by atoms with van der Waals surface area (Å²) in [6.45, 7) is 10.3. The number of hydrogen-bond donors (Lipinski definition) is 1. The molecule has 1 saturated carbocycles. The first-order valence-electron chi connectivity index (χ1n) is 7.58. The van der Waals surface area contributed by atoms with E-state index in [1.807, 2.05) is 0 Å². The fourth-order valence-electron chi connectivity index (χ4n) is 3.69. The second-order valence-electron chi connectivity index (χ2n) is 6.87. The highest BCUT2D eigenvalue weighted by Gasteiger charge is 2.44. The van der Waals surface area contributed by atoms with E-state index in [0.717, 1.165) is 12.8 Å². The van der Waals surface area contributed by atoms with Crippen LogP contribution in [0.4, 0.5) is 0 Å². The minimum Gasteiger partial charge on any atom is -0.391 e. The molecule has 3 heteroatoms. The SMILES string of the molecule is CCN1CCC(N(C)C2CCC(C)(C)C2O)CC1. The quantitative estimate of drug-likeness (QED) is 0.834. The Morgan fingerprint density at radius 3 is 2.28 bits per heavy atom. The van der Waals surface area contributed by atoms with Crippen LogP contribution in [0.1, 0.15) is 46.5 Å². The zero-order valence-corrected chi connectivity index (χ0v) is 12.5. The van der Waals surface area contributed by atoms with Crippen LogP contribution in [0.25, 0.3) is 0 Å². The molecule has 2 atom stereocenters. The van der Waals surface area contributed by atoms with Gasteiger partial charge in [-0.05, 0) is 57.8 Å². The number of hydrogen-bond acceptors (Lipinski definition) is 3. The fraction of sp³-hybridized carbons (Fsp3) is 1.00. The average Bonchev–Trinajstić information content (AvgIpc) is 2.64. The van der Waals surface area contributed by atoms with Gasteiger partial charge in [-0.2, -0.15) is 0 Å². The van der Waals surface area contributed by atoms with Gasteiger partial charge >= 0.3 is 0 Å². The van der Waals surface area contributed by atoms with Gasteiger partial charge in [-0.3, -0.25) is 4.90 Å². The van der Waals surface area contributed by atoms with Crippen LogP contribution in [-0.2, 0) is 0 Å². The van der Waals surface area contributed by atoms with Crippen LogP contribution in [0, 0.1) is 5.41 Å². The Balaban J connectivity index is 1.91. The first kappa shape index (κ1) is 14.3. The molecule has 18 heavy (non-hydrogen) atoms. The van der Waals surface area contributed by atoms with E-state index < -0.39 is 0 Å². The molecule has 3 nitrogen and oxygen atoms in total. The normalized spacial score (nSPS) is 34.3. The van der Waals surface area contributed by atoms with E-state index in [0.29, 0.717) is 12.1 Å². The van der Waals surface area contributed by atoms with Gasteiger partial charge in [0.05, 0.1) is 6.10 Å². The topological polar surface area (TPSA) is 26.7 Å². The summed E-state index contributed by atoms with van der Waals surface area (Å²) in [7, 11) is 2.22. The van der Waals surface area contributed by atoms with E-state index >= 15 is 0 Å². The molecule has 1 aliphatic heterocycles. The Bertz CT molecular complexity index is 272. The van der Waals surface area contributed by atoms with Gasteiger partial charge in [-0.15, -0.1) is 0 Å². The van der Waals surface area contributed by atoms with E-state index in [-0.39, 0.29) is 11.5 Å². The fourth-order valence-corrected chi connectivity index (χ4v) is 3.69. The van der Waals surface area contributed by atoms with Crippen molar-refractivity contribution >= 4 is 0 Å². The standard InChI is InChI=1S/C15H30N2O/c1-5-17-10-7-12(8-11-17)16(4)13-6-9-15(2,3)14(13)18/h12-14,18H,5-11H2,1-4H3. The highest BCUT2D eigenvalue weighted by Crippen LogP contribution is 2.40. The number of likely N-dealkylation sites (N-methyl/N-ethyl adjacent to an activating group) is 1. The van der Waals surface area contributed by atoms with Gasteiger partial charge in [0.15, 0.2) is 0 Å². The Hall–Kier alpha value is -0.120. The van der Waals surface area contributed by atoms with Crippen molar-refractivity contribution in [2.75, 3.05) is 26.7 Å². The summed E-state index contributed by atoms with van der Waals surface area (Å²) in [6, 6.07) is 1.04. The molecule has 1 saturated heterocycles. The molecule has 1 N–H and O–H groups in total. The second-order valence-corrected chi connectivity index (χ2v) is 6.87. The van der Waals surface area contributed by atoms with Crippen molar-refractivity contribution in [3.05, 3.63) is 0 Å². The van der Waals surface area contributed by atoms with Crippen molar-refractivity contribution in [2.45, 2.75) is 64.6 Å². The first-order valence-corrected chi connectivity index (χ1v) is 7.58. The highest BCUT2D eigenvalue weighted by atomic mass is 16.3. The molecule has 1 heterocycles. The van der Waals surface area contributed by atoms with E-state index in [9.17, 15) is 5.11 Å². The number of rotatable bonds is 3. The van der Waals surface area contributed by atoms with E-state index in [1.165, 1.54) is 32.5 Å². The van der Waals surface area contributed by atoms with Gasteiger partial charge in [0.25, 0.3) is 0 Å². The molecule has 0 bridgehead atoms. The largest absolute Gasteiger partial charge is 0.391 e. The van der Waals surface area contributed by atoms with Crippen molar-refractivity contribution in [1.82, 2.24) is 9.80 Å². The molecule has 2 unspecified atom stereocenters. The van der Waals surface area contributed by atoms with Gasteiger partial charge in [-0.1, -0.05) is 20.8 Å². The summed E-state index contributed by atoms with van der Waals surface area (Å²) in [4.78, 5) is 5.01. The van der Waals surface area contributed by atoms with Gasteiger partial charge in [0, 0.05) is 12.1 Å². The maximum Gasteiger partial charge on any atom is 0.0746 e. The summed E-state index contributed by atoms with van der Waals surface area (Å²) >= 11 is 0. The molecule has 2 fully saturated rings. The molecule has 0 radical (unpaired) electrons. The summed E-state index contributed by atoms with van der Waals surface area (Å²) < 4.78 is 0. The molecule has 0 aromatic heterocycles. The van der Waals surface area contributed by atoms with Crippen molar-refractivity contribution in [3.8, 4) is 0 Å².